The van der Waals surface area contributed by atoms with Crippen LogP contribution >= 0.6 is 10.7 Å². The van der Waals surface area contributed by atoms with E-state index in [1.807, 2.05) is 13.8 Å². The summed E-state index contributed by atoms with van der Waals surface area (Å²) in [7, 11) is 1.48. The second kappa shape index (κ2) is 6.21. The number of carbonyl (C=O) groups is 1. The van der Waals surface area contributed by atoms with Gasteiger partial charge >= 0.3 is 6.03 Å². The highest BCUT2D eigenvalue weighted by Gasteiger charge is 2.25. The van der Waals surface area contributed by atoms with E-state index in [9.17, 15) is 13.2 Å². The lowest BCUT2D eigenvalue weighted by molar-refractivity contribution is -0.0530. The van der Waals surface area contributed by atoms with Crippen LogP contribution < -0.4 is 5.32 Å². The number of benzene rings is 1. The van der Waals surface area contributed by atoms with Crippen LogP contribution in [-0.2, 0) is 13.8 Å². The van der Waals surface area contributed by atoms with Gasteiger partial charge in [-0.05, 0) is 38.1 Å². The van der Waals surface area contributed by atoms with E-state index in [-0.39, 0.29) is 23.1 Å². The number of ether oxygens (including phenoxy) is 1. The number of hydrogen-bond donors (Lipinski definition) is 1. The van der Waals surface area contributed by atoms with Crippen LogP contribution in [0.1, 0.15) is 13.8 Å². The largest absolute Gasteiger partial charge is 0.372 e. The minimum Gasteiger partial charge on any atom is -0.372 e. The Labute approximate surface area is 128 Å². The molecule has 116 valence electrons. The van der Waals surface area contributed by atoms with Crippen LogP contribution in [0.4, 0.5) is 10.5 Å². The Balaban J connectivity index is 2.03. The zero-order valence-electron chi connectivity index (χ0n) is 11.7. The van der Waals surface area contributed by atoms with Crippen LogP contribution in [0.15, 0.2) is 29.2 Å². The highest BCUT2D eigenvalue weighted by molar-refractivity contribution is 8.13. The first-order valence-corrected chi connectivity index (χ1v) is 8.83. The van der Waals surface area contributed by atoms with Crippen LogP contribution in [0.25, 0.3) is 0 Å². The van der Waals surface area contributed by atoms with Crippen LogP contribution in [-0.4, -0.2) is 44.6 Å². The number of nitrogens with zero attached hydrogens (tertiary/aromatic N) is 1. The van der Waals surface area contributed by atoms with Crippen molar-refractivity contribution in [3.63, 3.8) is 0 Å². The van der Waals surface area contributed by atoms with Crippen LogP contribution in [0, 0.1) is 0 Å². The van der Waals surface area contributed by atoms with Gasteiger partial charge in [-0.2, -0.15) is 0 Å². The fraction of sp³-hybridized carbons (Fsp3) is 0.462. The summed E-state index contributed by atoms with van der Waals surface area (Å²) in [5, 5.41) is 2.72. The molecule has 0 unspecified atom stereocenters. The lowest BCUT2D eigenvalue weighted by Crippen LogP contribution is -2.49. The zero-order valence-corrected chi connectivity index (χ0v) is 13.3. The van der Waals surface area contributed by atoms with Gasteiger partial charge in [0.15, 0.2) is 0 Å². The maximum Gasteiger partial charge on any atom is 0.322 e. The number of anilines is 1. The predicted molar refractivity (Wildman–Crippen MR) is 80.1 cm³/mol. The summed E-state index contributed by atoms with van der Waals surface area (Å²) >= 11 is 0. The molecule has 1 aromatic rings. The van der Waals surface area contributed by atoms with E-state index in [0.717, 1.165) is 0 Å². The van der Waals surface area contributed by atoms with Gasteiger partial charge in [0.25, 0.3) is 9.05 Å². The maximum absolute atomic E-state index is 12.2. The molecule has 1 aliphatic heterocycles. The molecule has 8 heteroatoms. The lowest BCUT2D eigenvalue weighted by atomic mass is 10.2. The molecular formula is C13H17ClN2O4S. The normalized spacial score (nSPS) is 22.9. The van der Waals surface area contributed by atoms with Crippen molar-refractivity contribution in [2.45, 2.75) is 31.0 Å². The molecule has 6 nitrogen and oxygen atoms in total. The summed E-state index contributed by atoms with van der Waals surface area (Å²) in [5.41, 5.74) is 0.510. The monoisotopic (exact) mass is 332 g/mol. The van der Waals surface area contributed by atoms with E-state index in [0.29, 0.717) is 18.8 Å². The average molecular weight is 333 g/mol. The Morgan fingerprint density at radius 2 is 1.76 bits per heavy atom. The van der Waals surface area contributed by atoms with Gasteiger partial charge in [0.05, 0.1) is 17.1 Å². The molecule has 0 saturated carbocycles. The standard InChI is InChI=1S/C13H17ClN2O4S/c1-9-7-16(8-10(2)20-9)13(17)15-11-3-5-12(6-4-11)21(14,18)19/h3-6,9-10H,7-8H2,1-2H3,(H,15,17)/t9-,10-/m0/s1. The molecule has 0 bridgehead atoms. The first-order chi connectivity index (χ1) is 9.75. The molecule has 1 aromatic carbocycles. The van der Waals surface area contributed by atoms with Crippen molar-refractivity contribution in [3.8, 4) is 0 Å². The second-order valence-electron chi connectivity index (χ2n) is 5.05. The SMILES string of the molecule is C[C@H]1CN(C(=O)Nc2ccc(S(=O)(=O)Cl)cc2)C[C@H](C)O1. The van der Waals surface area contributed by atoms with Crippen LogP contribution in [0.2, 0.25) is 0 Å². The number of halogens is 1. The number of amides is 2. The summed E-state index contributed by atoms with van der Waals surface area (Å²) < 4.78 is 27.9. The van der Waals surface area contributed by atoms with E-state index in [4.69, 9.17) is 15.4 Å². The highest BCUT2D eigenvalue weighted by Crippen LogP contribution is 2.18. The fourth-order valence-electron chi connectivity index (χ4n) is 2.25. The second-order valence-corrected chi connectivity index (χ2v) is 7.62. The minimum atomic E-state index is -3.75. The third kappa shape index (κ3) is 4.33. The molecule has 2 amide bonds. The third-order valence-electron chi connectivity index (χ3n) is 3.09. The average Bonchev–Trinajstić information content (AvgIpc) is 2.37. The Morgan fingerprint density at radius 3 is 2.24 bits per heavy atom. The van der Waals surface area contributed by atoms with Crippen LogP contribution in [0.3, 0.4) is 0 Å². The Morgan fingerprint density at radius 1 is 1.24 bits per heavy atom. The summed E-state index contributed by atoms with van der Waals surface area (Å²) in [6.07, 6.45) is -0.0217. The number of carbonyl (C=O) groups excluding carboxylic acids is 1. The molecule has 2 rings (SSSR count). The van der Waals surface area contributed by atoms with Crippen molar-refractivity contribution in [1.82, 2.24) is 4.90 Å². The van der Waals surface area contributed by atoms with E-state index >= 15 is 0 Å². The molecule has 0 aliphatic carbocycles. The molecule has 1 fully saturated rings. The summed E-state index contributed by atoms with van der Waals surface area (Å²) in [6.45, 7) is 4.86. The van der Waals surface area contributed by atoms with Gasteiger partial charge in [-0.15, -0.1) is 0 Å². The smallest absolute Gasteiger partial charge is 0.322 e. The minimum absolute atomic E-state index is 0.00391. The molecule has 1 saturated heterocycles. The van der Waals surface area contributed by atoms with Crippen molar-refractivity contribution >= 4 is 31.5 Å². The van der Waals surface area contributed by atoms with Crippen LogP contribution in [0.5, 0.6) is 0 Å². The van der Waals surface area contributed by atoms with E-state index in [1.165, 1.54) is 24.3 Å². The summed E-state index contributed by atoms with van der Waals surface area (Å²) in [5.74, 6) is 0. The highest BCUT2D eigenvalue weighted by atomic mass is 35.7. The topological polar surface area (TPSA) is 75.7 Å². The summed E-state index contributed by atoms with van der Waals surface area (Å²) in [4.78, 5) is 13.8. The van der Waals surface area contributed by atoms with Gasteiger partial charge in [0.2, 0.25) is 0 Å². The maximum atomic E-state index is 12.2. The molecule has 1 N–H and O–H groups in total. The number of rotatable bonds is 2. The predicted octanol–water partition coefficient (Wildman–Crippen LogP) is 2.26. The van der Waals surface area contributed by atoms with Gasteiger partial charge in [0.1, 0.15) is 0 Å². The Hall–Kier alpha value is -1.31. The van der Waals surface area contributed by atoms with Crippen molar-refractivity contribution in [3.05, 3.63) is 24.3 Å². The van der Waals surface area contributed by atoms with Crippen molar-refractivity contribution in [2.75, 3.05) is 18.4 Å². The molecule has 0 spiro atoms. The molecular weight excluding hydrogens is 316 g/mol. The van der Waals surface area contributed by atoms with Crippen molar-refractivity contribution < 1.29 is 17.9 Å². The number of hydrogen-bond acceptors (Lipinski definition) is 4. The number of urea groups is 1. The van der Waals surface area contributed by atoms with E-state index in [1.54, 1.807) is 4.90 Å². The molecule has 0 aromatic heterocycles. The van der Waals surface area contributed by atoms with Crippen molar-refractivity contribution in [1.29, 1.82) is 0 Å². The molecule has 2 atom stereocenters. The van der Waals surface area contributed by atoms with Gasteiger partial charge in [-0.25, -0.2) is 13.2 Å². The first-order valence-electron chi connectivity index (χ1n) is 6.52. The quantitative estimate of drug-likeness (QED) is 0.843. The van der Waals surface area contributed by atoms with Crippen molar-refractivity contribution in [2.24, 2.45) is 0 Å². The Kier molecular flexibility index (Phi) is 4.75. The van der Waals surface area contributed by atoms with Gasteiger partial charge < -0.3 is 15.0 Å². The van der Waals surface area contributed by atoms with Gasteiger partial charge in [0, 0.05) is 29.5 Å². The zero-order chi connectivity index (χ0) is 15.6. The number of nitrogens with one attached hydrogen (secondary N) is 1. The fourth-order valence-corrected chi connectivity index (χ4v) is 3.02. The third-order valence-corrected chi connectivity index (χ3v) is 4.46. The van der Waals surface area contributed by atoms with Gasteiger partial charge in [-0.1, -0.05) is 0 Å². The molecule has 0 radical (unpaired) electrons. The van der Waals surface area contributed by atoms with E-state index < -0.39 is 9.05 Å². The van der Waals surface area contributed by atoms with E-state index in [2.05, 4.69) is 5.32 Å². The Bertz CT molecular complexity index is 608. The lowest BCUT2D eigenvalue weighted by Gasteiger charge is -2.35. The van der Waals surface area contributed by atoms with Gasteiger partial charge in [-0.3, -0.25) is 0 Å². The molecule has 1 heterocycles. The number of morpholine rings is 1. The molecule has 21 heavy (non-hydrogen) atoms. The summed E-state index contributed by atoms with van der Waals surface area (Å²) in [6, 6.07) is 5.46. The first kappa shape index (κ1) is 16.1. The molecule has 1 aliphatic rings.